The van der Waals surface area contributed by atoms with E-state index >= 15 is 0 Å². The van der Waals surface area contributed by atoms with Gasteiger partial charge in [0.25, 0.3) is 0 Å². The average Bonchev–Trinajstić information content (AvgIpc) is 2.91. The Hall–Kier alpha value is -3.66. The highest BCUT2D eigenvalue weighted by molar-refractivity contribution is 5.89. The van der Waals surface area contributed by atoms with Crippen LogP contribution in [-0.4, -0.2) is 5.90 Å². The first-order valence-electron chi connectivity index (χ1n) is 9.65. The van der Waals surface area contributed by atoms with Crippen LogP contribution in [0.15, 0.2) is 48.5 Å². The maximum absolute atomic E-state index is 10.3. The summed E-state index contributed by atoms with van der Waals surface area (Å²) in [5.41, 5.74) is -0.599. The SMILES string of the molecule is Cc1ccc(C2OC3(c4ccccc4)OC(=N)C(C#N)(C3C)C2(C#N)C#N)c(C)c1. The number of hydrogen-bond donors (Lipinski definition) is 1. The lowest BCUT2D eigenvalue weighted by atomic mass is 9.53. The summed E-state index contributed by atoms with van der Waals surface area (Å²) in [4.78, 5) is 0. The van der Waals surface area contributed by atoms with Gasteiger partial charge >= 0.3 is 0 Å². The third kappa shape index (κ3) is 2.11. The molecule has 6 nitrogen and oxygen atoms in total. The summed E-state index contributed by atoms with van der Waals surface area (Å²) in [7, 11) is 0. The second-order valence-corrected chi connectivity index (χ2v) is 8.00. The number of fused-ring (bicyclic) bond motifs is 2. The minimum absolute atomic E-state index is 0.406. The second-order valence-electron chi connectivity index (χ2n) is 8.00. The third-order valence-electron chi connectivity index (χ3n) is 6.55. The first-order chi connectivity index (χ1) is 14.3. The smallest absolute Gasteiger partial charge is 0.244 e. The first kappa shape index (κ1) is 19.6. The molecule has 2 heterocycles. The van der Waals surface area contributed by atoms with Gasteiger partial charge in [-0.25, -0.2) is 0 Å². The molecule has 4 rings (SSSR count). The van der Waals surface area contributed by atoms with Gasteiger partial charge in [-0.3, -0.25) is 5.41 Å². The first-order valence-corrected chi connectivity index (χ1v) is 9.65. The van der Waals surface area contributed by atoms with Crippen molar-refractivity contribution in [3.8, 4) is 18.2 Å². The predicted molar refractivity (Wildman–Crippen MR) is 108 cm³/mol. The third-order valence-corrected chi connectivity index (χ3v) is 6.55. The van der Waals surface area contributed by atoms with Gasteiger partial charge in [-0.05, 0) is 25.0 Å². The molecule has 6 heteroatoms. The molecular weight excluding hydrogens is 376 g/mol. The quantitative estimate of drug-likeness (QED) is 0.807. The molecule has 2 aliphatic rings. The topological polar surface area (TPSA) is 114 Å². The van der Waals surface area contributed by atoms with Gasteiger partial charge in [-0.1, -0.05) is 61.0 Å². The van der Waals surface area contributed by atoms with Crippen LogP contribution in [0.3, 0.4) is 0 Å². The lowest BCUT2D eigenvalue weighted by Gasteiger charge is -2.49. The molecule has 4 unspecified atom stereocenters. The highest BCUT2D eigenvalue weighted by atomic mass is 16.7. The fourth-order valence-corrected chi connectivity index (χ4v) is 4.94. The molecule has 0 amide bonds. The van der Waals surface area contributed by atoms with Gasteiger partial charge in [0.1, 0.15) is 6.10 Å². The normalized spacial score (nSPS) is 31.1. The van der Waals surface area contributed by atoms with Gasteiger partial charge in [0.05, 0.1) is 24.1 Å². The molecule has 148 valence electrons. The Morgan fingerprint density at radius 3 is 2.20 bits per heavy atom. The number of rotatable bonds is 2. The summed E-state index contributed by atoms with van der Waals surface area (Å²) in [6, 6.07) is 21.1. The standard InChI is InChI=1S/C24H20N4O2/c1-15-9-10-19(16(2)11-15)20-22(12-25,13-26)23(14-27)17(3)24(29-20,30-21(23)28)18-7-5-4-6-8-18/h4-11,17,20,28H,1-3H3. The van der Waals surface area contributed by atoms with Gasteiger partial charge in [-0.2, -0.15) is 15.8 Å². The maximum atomic E-state index is 10.3. The fraction of sp³-hybridized carbons (Fsp3) is 0.333. The van der Waals surface area contributed by atoms with Crippen LogP contribution in [0.1, 0.15) is 35.3 Å². The molecule has 0 aliphatic carbocycles. The molecule has 2 aromatic rings. The maximum Gasteiger partial charge on any atom is 0.244 e. The van der Waals surface area contributed by atoms with E-state index in [9.17, 15) is 15.8 Å². The van der Waals surface area contributed by atoms with Crippen molar-refractivity contribution in [2.75, 3.05) is 0 Å². The van der Waals surface area contributed by atoms with Crippen LogP contribution in [0.4, 0.5) is 0 Å². The summed E-state index contributed by atoms with van der Waals surface area (Å²) >= 11 is 0. The van der Waals surface area contributed by atoms with E-state index in [-0.39, 0.29) is 0 Å². The van der Waals surface area contributed by atoms with Crippen molar-refractivity contribution in [2.45, 2.75) is 32.7 Å². The largest absolute Gasteiger partial charge is 0.443 e. The average molecular weight is 396 g/mol. The highest BCUT2D eigenvalue weighted by Gasteiger charge is 2.79. The van der Waals surface area contributed by atoms with Crippen LogP contribution >= 0.6 is 0 Å². The molecule has 1 N–H and O–H groups in total. The van der Waals surface area contributed by atoms with Gasteiger partial charge in [0.15, 0.2) is 5.41 Å². The Labute approximate surface area is 175 Å². The van der Waals surface area contributed by atoms with Crippen molar-refractivity contribution in [3.63, 3.8) is 0 Å². The fourth-order valence-electron chi connectivity index (χ4n) is 4.94. The summed E-state index contributed by atoms with van der Waals surface area (Å²) in [6.45, 7) is 5.54. The van der Waals surface area contributed by atoms with Gasteiger partial charge in [0.2, 0.25) is 17.1 Å². The molecule has 2 bridgehead atoms. The number of benzene rings is 2. The van der Waals surface area contributed by atoms with E-state index in [2.05, 4.69) is 18.2 Å². The second kappa shape index (κ2) is 6.42. The van der Waals surface area contributed by atoms with Crippen LogP contribution in [0.2, 0.25) is 0 Å². The molecule has 30 heavy (non-hydrogen) atoms. The number of ether oxygens (including phenoxy) is 2. The van der Waals surface area contributed by atoms with E-state index in [0.717, 1.165) is 11.1 Å². The minimum Gasteiger partial charge on any atom is -0.443 e. The molecule has 2 fully saturated rings. The van der Waals surface area contributed by atoms with Crippen LogP contribution in [0.5, 0.6) is 0 Å². The van der Waals surface area contributed by atoms with E-state index in [1.807, 2.05) is 62.4 Å². The van der Waals surface area contributed by atoms with Crippen molar-refractivity contribution in [1.82, 2.24) is 0 Å². The molecule has 0 aromatic heterocycles. The Kier molecular flexibility index (Phi) is 4.21. The summed E-state index contributed by atoms with van der Waals surface area (Å²) in [6.07, 6.45) is -1.08. The number of hydrogen-bond acceptors (Lipinski definition) is 6. The molecule has 2 saturated heterocycles. The predicted octanol–water partition coefficient (Wildman–Crippen LogP) is 4.41. The number of nitriles is 3. The van der Waals surface area contributed by atoms with Gasteiger partial charge in [0, 0.05) is 5.56 Å². The van der Waals surface area contributed by atoms with Gasteiger partial charge < -0.3 is 9.47 Å². The lowest BCUT2D eigenvalue weighted by Crippen LogP contribution is -2.57. The minimum atomic E-state index is -1.95. The molecule has 0 spiro atoms. The Balaban J connectivity index is 2.07. The monoisotopic (exact) mass is 396 g/mol. The number of nitrogens with zero attached hydrogens (tertiary/aromatic N) is 3. The highest BCUT2D eigenvalue weighted by Crippen LogP contribution is 2.69. The van der Waals surface area contributed by atoms with Crippen LogP contribution in [-0.2, 0) is 15.3 Å². The molecule has 0 saturated carbocycles. The molecule has 2 aromatic carbocycles. The Morgan fingerprint density at radius 1 is 0.967 bits per heavy atom. The van der Waals surface area contributed by atoms with Crippen molar-refractivity contribution in [3.05, 3.63) is 70.8 Å². The van der Waals surface area contributed by atoms with Crippen molar-refractivity contribution in [2.24, 2.45) is 16.7 Å². The number of nitrogens with one attached hydrogen (secondary N) is 1. The zero-order valence-electron chi connectivity index (χ0n) is 16.9. The van der Waals surface area contributed by atoms with Crippen molar-refractivity contribution in [1.29, 1.82) is 21.2 Å². The van der Waals surface area contributed by atoms with E-state index < -0.39 is 34.5 Å². The van der Waals surface area contributed by atoms with Crippen LogP contribution in [0.25, 0.3) is 0 Å². The van der Waals surface area contributed by atoms with Crippen LogP contribution < -0.4 is 0 Å². The molecular formula is C24H20N4O2. The van der Waals surface area contributed by atoms with Crippen molar-refractivity contribution >= 4 is 5.90 Å². The zero-order valence-corrected chi connectivity index (χ0v) is 16.9. The Morgan fingerprint density at radius 2 is 1.63 bits per heavy atom. The van der Waals surface area contributed by atoms with E-state index in [0.29, 0.717) is 11.1 Å². The summed E-state index contributed by atoms with van der Waals surface area (Å²) in [5.74, 6) is -2.62. The number of aryl methyl sites for hydroxylation is 2. The molecule has 2 aliphatic heterocycles. The summed E-state index contributed by atoms with van der Waals surface area (Å²) in [5, 5.41) is 39.5. The van der Waals surface area contributed by atoms with E-state index in [4.69, 9.17) is 14.9 Å². The molecule has 0 radical (unpaired) electrons. The van der Waals surface area contributed by atoms with Crippen LogP contribution in [0, 0.1) is 70.0 Å². The van der Waals surface area contributed by atoms with E-state index in [1.54, 1.807) is 6.92 Å². The molecule has 4 atom stereocenters. The Bertz CT molecular complexity index is 1160. The lowest BCUT2D eigenvalue weighted by molar-refractivity contribution is -0.288. The van der Waals surface area contributed by atoms with Crippen molar-refractivity contribution < 1.29 is 9.47 Å². The van der Waals surface area contributed by atoms with Gasteiger partial charge in [-0.15, -0.1) is 0 Å². The van der Waals surface area contributed by atoms with E-state index in [1.165, 1.54) is 0 Å². The summed E-state index contributed by atoms with van der Waals surface area (Å²) < 4.78 is 12.5. The zero-order chi connectivity index (χ0) is 21.7.